The van der Waals surface area contributed by atoms with Crippen LogP contribution in [0.25, 0.3) is 0 Å². The van der Waals surface area contributed by atoms with Gasteiger partial charge in [0.05, 0.1) is 11.0 Å². The molecule has 1 atom stereocenters. The van der Waals surface area contributed by atoms with Crippen molar-refractivity contribution in [2.24, 2.45) is 10.9 Å². The largest absolute Gasteiger partial charge is 0.409 e. The minimum absolute atomic E-state index is 0.0594. The highest BCUT2D eigenvalue weighted by Gasteiger charge is 2.30. The summed E-state index contributed by atoms with van der Waals surface area (Å²) in [6.45, 7) is 0.832. The Morgan fingerprint density at radius 3 is 3.05 bits per heavy atom. The van der Waals surface area contributed by atoms with Gasteiger partial charge in [0.2, 0.25) is 0 Å². The van der Waals surface area contributed by atoms with Gasteiger partial charge in [-0.3, -0.25) is 4.98 Å². The maximum absolute atomic E-state index is 11.7. The molecule has 0 radical (unpaired) electrons. The van der Waals surface area contributed by atoms with E-state index in [-0.39, 0.29) is 16.8 Å². The van der Waals surface area contributed by atoms with Crippen LogP contribution < -0.4 is 11.1 Å². The Hall–Kier alpha value is -1.67. The van der Waals surface area contributed by atoms with Crippen LogP contribution in [0.3, 0.4) is 0 Å². The molecule has 8 heteroatoms. The summed E-state index contributed by atoms with van der Waals surface area (Å²) in [6, 6.07) is 3.55. The van der Waals surface area contributed by atoms with Crippen molar-refractivity contribution in [3.05, 3.63) is 29.6 Å². The summed E-state index contributed by atoms with van der Waals surface area (Å²) in [5.74, 6) is 0.220. The highest BCUT2D eigenvalue weighted by atomic mass is 32.2. The SMILES string of the molecule is N/C(=N/O)c1ncccc1CNCC1CCCS1(=O)=O. The number of pyridine rings is 1. The first-order chi connectivity index (χ1) is 9.54. The van der Waals surface area contributed by atoms with Gasteiger partial charge in [-0.15, -0.1) is 0 Å². The van der Waals surface area contributed by atoms with Crippen LogP contribution in [0, 0.1) is 0 Å². The lowest BCUT2D eigenvalue weighted by Gasteiger charge is -2.12. The average molecular weight is 298 g/mol. The van der Waals surface area contributed by atoms with Gasteiger partial charge in [-0.1, -0.05) is 11.2 Å². The predicted molar refractivity (Wildman–Crippen MR) is 75.3 cm³/mol. The molecule has 20 heavy (non-hydrogen) atoms. The number of hydrogen-bond donors (Lipinski definition) is 3. The normalized spacial score (nSPS) is 22.0. The van der Waals surface area contributed by atoms with Crippen LogP contribution >= 0.6 is 0 Å². The quantitative estimate of drug-likeness (QED) is 0.301. The van der Waals surface area contributed by atoms with Gasteiger partial charge in [-0.05, 0) is 24.5 Å². The van der Waals surface area contributed by atoms with E-state index in [0.717, 1.165) is 12.0 Å². The number of hydrogen-bond acceptors (Lipinski definition) is 6. The van der Waals surface area contributed by atoms with E-state index in [1.54, 1.807) is 18.3 Å². The van der Waals surface area contributed by atoms with Gasteiger partial charge in [0.1, 0.15) is 5.69 Å². The molecule has 0 aliphatic carbocycles. The van der Waals surface area contributed by atoms with E-state index in [1.807, 2.05) is 0 Å². The molecule has 7 nitrogen and oxygen atoms in total. The summed E-state index contributed by atoms with van der Waals surface area (Å²) in [6.07, 6.45) is 2.99. The number of nitrogens with zero attached hydrogens (tertiary/aromatic N) is 2. The Labute approximate surface area is 117 Å². The Balaban J connectivity index is 1.98. The fourth-order valence-electron chi connectivity index (χ4n) is 2.31. The minimum atomic E-state index is -2.94. The molecule has 4 N–H and O–H groups in total. The van der Waals surface area contributed by atoms with Crippen molar-refractivity contribution < 1.29 is 13.6 Å². The van der Waals surface area contributed by atoms with Gasteiger partial charge in [-0.25, -0.2) is 8.42 Å². The second-order valence-corrected chi connectivity index (χ2v) is 7.16. The van der Waals surface area contributed by atoms with Crippen molar-refractivity contribution in [2.45, 2.75) is 24.6 Å². The van der Waals surface area contributed by atoms with Crippen molar-refractivity contribution >= 4 is 15.7 Å². The van der Waals surface area contributed by atoms with Crippen LogP contribution in [0.2, 0.25) is 0 Å². The zero-order valence-corrected chi connectivity index (χ0v) is 11.8. The molecule has 1 fully saturated rings. The van der Waals surface area contributed by atoms with Crippen molar-refractivity contribution in [3.8, 4) is 0 Å². The molecule has 1 unspecified atom stereocenters. The molecule has 0 spiro atoms. The molecule has 110 valence electrons. The van der Waals surface area contributed by atoms with Crippen LogP contribution in [0.5, 0.6) is 0 Å². The molecular formula is C12H18N4O3S. The summed E-state index contributed by atoms with van der Waals surface area (Å²) >= 11 is 0. The van der Waals surface area contributed by atoms with Gasteiger partial charge in [0.15, 0.2) is 15.7 Å². The summed E-state index contributed by atoms with van der Waals surface area (Å²) in [5, 5.41) is 14.4. The summed E-state index contributed by atoms with van der Waals surface area (Å²) in [4.78, 5) is 4.05. The van der Waals surface area contributed by atoms with Crippen LogP contribution in [0.15, 0.2) is 23.5 Å². The number of nitrogens with one attached hydrogen (secondary N) is 1. The topological polar surface area (TPSA) is 118 Å². The molecule has 0 saturated carbocycles. The lowest BCUT2D eigenvalue weighted by atomic mass is 10.1. The first-order valence-corrected chi connectivity index (χ1v) is 8.10. The molecule has 1 aliphatic rings. The number of sulfone groups is 1. The van der Waals surface area contributed by atoms with E-state index in [1.165, 1.54) is 0 Å². The smallest absolute Gasteiger partial charge is 0.189 e. The summed E-state index contributed by atoms with van der Waals surface area (Å²) in [7, 11) is -2.94. The molecule has 1 aromatic heterocycles. The predicted octanol–water partition coefficient (Wildman–Crippen LogP) is -0.157. The van der Waals surface area contributed by atoms with Crippen LogP contribution in [0.4, 0.5) is 0 Å². The van der Waals surface area contributed by atoms with Gasteiger partial charge in [0, 0.05) is 19.3 Å². The van der Waals surface area contributed by atoms with Crippen molar-refractivity contribution in [2.75, 3.05) is 12.3 Å². The first kappa shape index (κ1) is 14.7. The van der Waals surface area contributed by atoms with Crippen molar-refractivity contribution in [1.82, 2.24) is 10.3 Å². The van der Waals surface area contributed by atoms with E-state index >= 15 is 0 Å². The zero-order chi connectivity index (χ0) is 14.6. The minimum Gasteiger partial charge on any atom is -0.409 e. The van der Waals surface area contributed by atoms with Crippen molar-refractivity contribution in [1.29, 1.82) is 0 Å². The lowest BCUT2D eigenvalue weighted by Crippen LogP contribution is -2.31. The van der Waals surface area contributed by atoms with E-state index in [0.29, 0.717) is 25.2 Å². The molecule has 0 bridgehead atoms. The standard InChI is InChI=1S/C12H18N4O3S/c13-12(16-17)11-9(3-1-5-15-11)7-14-8-10-4-2-6-20(10,18)19/h1,3,5,10,14,17H,2,4,6-8H2,(H2,13,16). The monoisotopic (exact) mass is 298 g/mol. The van der Waals surface area contributed by atoms with E-state index < -0.39 is 9.84 Å². The van der Waals surface area contributed by atoms with Gasteiger partial charge in [0.25, 0.3) is 0 Å². The molecule has 2 heterocycles. The molecule has 1 aliphatic heterocycles. The molecular weight excluding hydrogens is 280 g/mol. The highest BCUT2D eigenvalue weighted by Crippen LogP contribution is 2.19. The first-order valence-electron chi connectivity index (χ1n) is 6.38. The number of amidine groups is 1. The van der Waals surface area contributed by atoms with E-state index in [2.05, 4.69) is 15.5 Å². The zero-order valence-electron chi connectivity index (χ0n) is 11.0. The van der Waals surface area contributed by atoms with E-state index in [4.69, 9.17) is 10.9 Å². The Kier molecular flexibility index (Phi) is 4.56. The van der Waals surface area contributed by atoms with Gasteiger partial charge in [-0.2, -0.15) is 0 Å². The third-order valence-electron chi connectivity index (χ3n) is 3.39. The van der Waals surface area contributed by atoms with Crippen LogP contribution in [-0.2, 0) is 16.4 Å². The number of nitrogens with two attached hydrogens (primary N) is 1. The maximum Gasteiger partial charge on any atom is 0.189 e. The number of oxime groups is 1. The van der Waals surface area contributed by atoms with Crippen LogP contribution in [-0.4, -0.2) is 42.0 Å². The molecule has 1 aromatic rings. The fraction of sp³-hybridized carbons (Fsp3) is 0.500. The number of aromatic nitrogens is 1. The second kappa shape index (κ2) is 6.19. The van der Waals surface area contributed by atoms with Gasteiger partial charge < -0.3 is 16.3 Å². The highest BCUT2D eigenvalue weighted by molar-refractivity contribution is 7.92. The van der Waals surface area contributed by atoms with Gasteiger partial charge >= 0.3 is 0 Å². The Morgan fingerprint density at radius 2 is 2.40 bits per heavy atom. The maximum atomic E-state index is 11.7. The number of rotatable bonds is 5. The molecule has 0 aromatic carbocycles. The Morgan fingerprint density at radius 1 is 1.60 bits per heavy atom. The second-order valence-electron chi connectivity index (χ2n) is 4.76. The molecule has 1 saturated heterocycles. The molecule has 0 amide bonds. The third-order valence-corrected chi connectivity index (χ3v) is 5.67. The van der Waals surface area contributed by atoms with Crippen molar-refractivity contribution in [3.63, 3.8) is 0 Å². The molecule has 2 rings (SSSR count). The van der Waals surface area contributed by atoms with Crippen LogP contribution in [0.1, 0.15) is 24.1 Å². The fourth-order valence-corrected chi connectivity index (χ4v) is 4.11. The Bertz CT molecular complexity index is 600. The summed E-state index contributed by atoms with van der Waals surface area (Å²) in [5.41, 5.74) is 6.71. The third kappa shape index (κ3) is 3.26. The summed E-state index contributed by atoms with van der Waals surface area (Å²) < 4.78 is 23.4. The van der Waals surface area contributed by atoms with E-state index in [9.17, 15) is 8.42 Å². The lowest BCUT2D eigenvalue weighted by molar-refractivity contribution is 0.318. The average Bonchev–Trinajstić information content (AvgIpc) is 2.78.